The Morgan fingerprint density at radius 1 is 1.08 bits per heavy atom. The Morgan fingerprint density at radius 3 is 2.51 bits per heavy atom. The number of carbonyl (C=O) groups is 1. The lowest BCUT2D eigenvalue weighted by atomic mass is 10.0. The molecule has 39 heavy (non-hydrogen) atoms. The number of imidazole rings is 1. The number of hydrogen-bond acceptors (Lipinski definition) is 6. The van der Waals surface area contributed by atoms with Crippen molar-refractivity contribution in [2.75, 3.05) is 4.72 Å². The van der Waals surface area contributed by atoms with Crippen LogP contribution < -0.4 is 4.72 Å². The zero-order valence-corrected chi connectivity index (χ0v) is 23.1. The van der Waals surface area contributed by atoms with Gasteiger partial charge in [-0.15, -0.1) is 0 Å². The minimum Gasteiger partial charge on any atom is -0.359 e. The van der Waals surface area contributed by atoms with E-state index >= 15 is 0 Å². The van der Waals surface area contributed by atoms with Gasteiger partial charge in [-0.25, -0.2) is 17.8 Å². The van der Waals surface area contributed by atoms with Gasteiger partial charge in [-0.1, -0.05) is 36.3 Å². The van der Waals surface area contributed by atoms with Crippen molar-refractivity contribution < 1.29 is 22.1 Å². The molecule has 1 N–H and O–H groups in total. The highest BCUT2D eigenvalue weighted by molar-refractivity contribution is 7.92. The molecular weight excluding hydrogens is 519 g/mol. The van der Waals surface area contributed by atoms with Crippen molar-refractivity contribution in [2.45, 2.75) is 70.7 Å². The molecule has 204 valence electrons. The zero-order valence-electron chi connectivity index (χ0n) is 22.3. The van der Waals surface area contributed by atoms with E-state index in [1.54, 1.807) is 26.0 Å². The third-order valence-corrected chi connectivity index (χ3v) is 8.55. The van der Waals surface area contributed by atoms with E-state index < -0.39 is 15.8 Å². The van der Waals surface area contributed by atoms with Gasteiger partial charge in [0.2, 0.25) is 0 Å². The van der Waals surface area contributed by atoms with Gasteiger partial charge in [0.05, 0.1) is 10.6 Å². The van der Waals surface area contributed by atoms with Crippen LogP contribution in [0, 0.1) is 19.7 Å². The number of benzene rings is 2. The molecule has 0 bridgehead atoms. The number of ketones is 1. The van der Waals surface area contributed by atoms with E-state index in [0.717, 1.165) is 55.3 Å². The van der Waals surface area contributed by atoms with Crippen LogP contribution in [0.1, 0.15) is 71.5 Å². The van der Waals surface area contributed by atoms with Gasteiger partial charge >= 0.3 is 0 Å². The van der Waals surface area contributed by atoms with E-state index in [2.05, 4.69) is 16.8 Å². The summed E-state index contributed by atoms with van der Waals surface area (Å²) in [6.07, 6.45) is 4.86. The van der Waals surface area contributed by atoms with Crippen LogP contribution >= 0.6 is 0 Å². The Bertz CT molecular complexity index is 1640. The van der Waals surface area contributed by atoms with Gasteiger partial charge in [-0.3, -0.25) is 9.52 Å². The van der Waals surface area contributed by atoms with Gasteiger partial charge in [0, 0.05) is 30.5 Å². The van der Waals surface area contributed by atoms with E-state index in [4.69, 9.17) is 9.51 Å². The van der Waals surface area contributed by atoms with Crippen LogP contribution in [0.5, 0.6) is 0 Å². The Balaban J connectivity index is 1.47. The lowest BCUT2D eigenvalue weighted by Crippen LogP contribution is -2.15. The van der Waals surface area contributed by atoms with Crippen LogP contribution in [0.3, 0.4) is 0 Å². The van der Waals surface area contributed by atoms with Crippen molar-refractivity contribution in [2.24, 2.45) is 0 Å². The molecule has 10 heteroatoms. The van der Waals surface area contributed by atoms with Crippen LogP contribution in [0.4, 0.5) is 10.2 Å². The van der Waals surface area contributed by atoms with Gasteiger partial charge in [-0.2, -0.15) is 0 Å². The quantitative estimate of drug-likeness (QED) is 0.270. The molecular formula is C29H31FN4O4S. The summed E-state index contributed by atoms with van der Waals surface area (Å²) >= 11 is 0. The predicted octanol–water partition coefficient (Wildman–Crippen LogP) is 6.00. The molecule has 0 atom stereocenters. The van der Waals surface area contributed by atoms with Gasteiger partial charge in [-0.05, 0) is 68.9 Å². The molecule has 4 aromatic rings. The third-order valence-electron chi connectivity index (χ3n) is 7.15. The third kappa shape index (κ3) is 5.38. The SMILES string of the molecule is CCCc1nc2c(n1Cc1ccc(-c3cc(F)ccc3S(=O)(=O)Nc3noc(C)c3C)cc1)C(=O)CCCC2. The summed E-state index contributed by atoms with van der Waals surface area (Å²) in [6, 6.07) is 10.9. The standard InChI is InChI=1S/C29H31FN4O4S/c1-4-7-27-31-24-8-5-6-9-25(35)28(24)34(27)17-20-10-12-21(13-11-20)23-16-22(30)14-15-26(23)39(36,37)33-29-18(2)19(3)38-32-29/h10-16H,4-9,17H2,1-3H3,(H,32,33). The molecule has 5 rings (SSSR count). The Morgan fingerprint density at radius 2 is 1.82 bits per heavy atom. The first-order chi connectivity index (χ1) is 18.7. The lowest BCUT2D eigenvalue weighted by Gasteiger charge is -2.14. The van der Waals surface area contributed by atoms with Gasteiger partial charge < -0.3 is 9.09 Å². The van der Waals surface area contributed by atoms with Crippen molar-refractivity contribution in [1.82, 2.24) is 14.7 Å². The number of hydrogen-bond donors (Lipinski definition) is 1. The first kappa shape index (κ1) is 26.8. The maximum Gasteiger partial charge on any atom is 0.263 e. The normalized spacial score (nSPS) is 13.8. The fourth-order valence-corrected chi connectivity index (χ4v) is 6.22. The Labute approximate surface area is 227 Å². The monoisotopic (exact) mass is 550 g/mol. The van der Waals surface area contributed by atoms with Crippen LogP contribution in [0.25, 0.3) is 11.1 Å². The molecule has 1 aliphatic rings. The van der Waals surface area contributed by atoms with E-state index in [-0.39, 0.29) is 22.1 Å². The molecule has 0 aliphatic heterocycles. The molecule has 0 amide bonds. The summed E-state index contributed by atoms with van der Waals surface area (Å²) < 4.78 is 50.4. The lowest BCUT2D eigenvalue weighted by molar-refractivity contribution is 0.0973. The topological polar surface area (TPSA) is 107 Å². The van der Waals surface area contributed by atoms with Crippen LogP contribution in [0.2, 0.25) is 0 Å². The number of nitrogens with zero attached hydrogens (tertiary/aromatic N) is 3. The number of aromatic nitrogens is 3. The summed E-state index contributed by atoms with van der Waals surface area (Å²) in [5.74, 6) is 1.08. The highest BCUT2D eigenvalue weighted by atomic mass is 32.2. The minimum absolute atomic E-state index is 0.0764. The molecule has 0 radical (unpaired) electrons. The number of anilines is 1. The molecule has 0 saturated heterocycles. The molecule has 0 fully saturated rings. The molecule has 2 aromatic heterocycles. The van der Waals surface area contributed by atoms with Crippen molar-refractivity contribution in [3.05, 3.63) is 82.4 Å². The van der Waals surface area contributed by atoms with Crippen LogP contribution in [-0.2, 0) is 29.4 Å². The first-order valence-electron chi connectivity index (χ1n) is 13.1. The summed E-state index contributed by atoms with van der Waals surface area (Å²) in [6.45, 7) is 5.95. The Hall–Kier alpha value is -3.79. The average Bonchev–Trinajstić information content (AvgIpc) is 3.33. The zero-order chi connectivity index (χ0) is 27.7. The van der Waals surface area contributed by atoms with Crippen LogP contribution in [-0.4, -0.2) is 28.9 Å². The van der Waals surface area contributed by atoms with Crippen LogP contribution in [0.15, 0.2) is 51.9 Å². The first-order valence-corrected chi connectivity index (χ1v) is 14.6. The maximum absolute atomic E-state index is 14.3. The number of fused-ring (bicyclic) bond motifs is 1. The number of halogens is 1. The fourth-order valence-electron chi connectivity index (χ4n) is 4.95. The molecule has 0 saturated carbocycles. The number of carbonyl (C=O) groups excluding carboxylic acids is 1. The number of sulfonamides is 1. The van der Waals surface area contributed by atoms with Gasteiger partial charge in [0.1, 0.15) is 23.1 Å². The van der Waals surface area contributed by atoms with Crippen molar-refractivity contribution in [1.29, 1.82) is 0 Å². The second-order valence-electron chi connectivity index (χ2n) is 9.95. The van der Waals surface area contributed by atoms with E-state index in [9.17, 15) is 17.6 Å². The molecule has 2 aromatic carbocycles. The molecule has 0 spiro atoms. The second-order valence-corrected chi connectivity index (χ2v) is 11.6. The average molecular weight is 551 g/mol. The van der Waals surface area contributed by atoms with Crippen molar-refractivity contribution in [3.8, 4) is 11.1 Å². The molecule has 1 aliphatic carbocycles. The van der Waals surface area contributed by atoms with E-state index in [1.165, 1.54) is 12.1 Å². The Kier molecular flexibility index (Phi) is 7.40. The van der Waals surface area contributed by atoms with Gasteiger partial charge in [0.25, 0.3) is 10.0 Å². The van der Waals surface area contributed by atoms with Crippen molar-refractivity contribution in [3.63, 3.8) is 0 Å². The maximum atomic E-state index is 14.3. The molecule has 8 nitrogen and oxygen atoms in total. The summed E-state index contributed by atoms with van der Waals surface area (Å²) in [5.41, 5.74) is 3.87. The van der Waals surface area contributed by atoms with Crippen molar-refractivity contribution >= 4 is 21.6 Å². The molecule has 2 heterocycles. The summed E-state index contributed by atoms with van der Waals surface area (Å²) in [5, 5.41) is 3.78. The highest BCUT2D eigenvalue weighted by Gasteiger charge is 2.25. The second kappa shape index (κ2) is 10.8. The molecule has 0 unspecified atom stereocenters. The summed E-state index contributed by atoms with van der Waals surface area (Å²) in [4.78, 5) is 17.7. The number of rotatable bonds is 8. The fraction of sp³-hybridized carbons (Fsp3) is 0.345. The van der Waals surface area contributed by atoms with E-state index in [1.807, 2.05) is 16.7 Å². The largest absolute Gasteiger partial charge is 0.359 e. The number of aryl methyl sites for hydroxylation is 3. The van der Waals surface area contributed by atoms with E-state index in [0.29, 0.717) is 35.5 Å². The smallest absolute Gasteiger partial charge is 0.263 e. The minimum atomic E-state index is -4.09. The van der Waals surface area contributed by atoms with Gasteiger partial charge in [0.15, 0.2) is 11.6 Å². The number of nitrogens with one attached hydrogen (secondary N) is 1. The number of Topliss-reactive ketones (excluding diaryl/α,β-unsaturated/α-hetero) is 1. The highest BCUT2D eigenvalue weighted by Crippen LogP contribution is 2.31. The summed E-state index contributed by atoms with van der Waals surface area (Å²) in [7, 11) is -4.09. The predicted molar refractivity (Wildman–Crippen MR) is 146 cm³/mol.